The van der Waals surface area contributed by atoms with Crippen molar-refractivity contribution in [2.75, 3.05) is 13.1 Å². The quantitative estimate of drug-likeness (QED) is 0.652. The van der Waals surface area contributed by atoms with Gasteiger partial charge in [0, 0.05) is 31.2 Å². The van der Waals surface area contributed by atoms with E-state index in [2.05, 4.69) is 47.6 Å². The maximum absolute atomic E-state index is 13.0. The molecular formula is C27H29N3O2. The lowest BCUT2D eigenvalue weighted by atomic mass is 9.89. The van der Waals surface area contributed by atoms with E-state index < -0.39 is 0 Å². The molecule has 1 saturated heterocycles. The number of aromatic nitrogens is 2. The molecule has 1 saturated carbocycles. The van der Waals surface area contributed by atoms with E-state index >= 15 is 0 Å². The van der Waals surface area contributed by atoms with E-state index in [4.69, 9.17) is 0 Å². The normalized spacial score (nSPS) is 20.0. The van der Waals surface area contributed by atoms with Gasteiger partial charge in [-0.2, -0.15) is 5.10 Å². The SMILES string of the molecule is O=C(c1cc2n(n1)CCC2)N1CCC(c2ccc(-c3ccccc3C3CC3)cc2CO)C1. The monoisotopic (exact) mass is 427 g/mol. The lowest BCUT2D eigenvalue weighted by Gasteiger charge is -2.18. The highest BCUT2D eigenvalue weighted by Gasteiger charge is 2.31. The number of benzene rings is 2. The molecule has 3 aliphatic rings. The molecule has 5 heteroatoms. The molecule has 3 aromatic rings. The first kappa shape index (κ1) is 19.7. The number of aliphatic hydroxyl groups is 1. The number of aliphatic hydroxyl groups excluding tert-OH is 1. The molecular weight excluding hydrogens is 398 g/mol. The minimum atomic E-state index is 0.0208. The number of nitrogens with zero attached hydrogens (tertiary/aromatic N) is 3. The van der Waals surface area contributed by atoms with E-state index in [1.807, 2.05) is 15.6 Å². The maximum Gasteiger partial charge on any atom is 0.274 e. The minimum absolute atomic E-state index is 0.0208. The van der Waals surface area contributed by atoms with Gasteiger partial charge in [0.1, 0.15) is 0 Å². The summed E-state index contributed by atoms with van der Waals surface area (Å²) in [4.78, 5) is 15.0. The number of amides is 1. The van der Waals surface area contributed by atoms with Gasteiger partial charge in [0.15, 0.2) is 5.69 Å². The number of fused-ring (bicyclic) bond motifs is 1. The number of hydrogen-bond donors (Lipinski definition) is 1. The standard InChI is InChI=1S/C27H29N3O2/c31-17-21-14-19(25-6-2-1-5-24(25)18-7-8-18)9-10-23(21)20-11-13-29(16-20)27(32)26-15-22-4-3-12-30(22)28-26/h1-2,5-6,9-10,14-15,18,20,31H,3-4,7-8,11-13,16-17H2. The van der Waals surface area contributed by atoms with E-state index in [1.165, 1.54) is 40.8 Å². The summed E-state index contributed by atoms with van der Waals surface area (Å²) in [7, 11) is 0. The van der Waals surface area contributed by atoms with Gasteiger partial charge in [-0.25, -0.2) is 0 Å². The number of hydrogen-bond acceptors (Lipinski definition) is 3. The predicted octanol–water partition coefficient (Wildman–Crippen LogP) is 4.50. The van der Waals surface area contributed by atoms with Crippen LogP contribution in [0.15, 0.2) is 48.5 Å². The summed E-state index contributed by atoms with van der Waals surface area (Å²) in [5.41, 5.74) is 7.79. The third kappa shape index (κ3) is 3.45. The van der Waals surface area contributed by atoms with E-state index in [0.717, 1.165) is 37.9 Å². The Morgan fingerprint density at radius 2 is 1.88 bits per heavy atom. The molecule has 1 aliphatic carbocycles. The van der Waals surface area contributed by atoms with Crippen molar-refractivity contribution in [1.82, 2.24) is 14.7 Å². The molecule has 2 aliphatic heterocycles. The predicted molar refractivity (Wildman–Crippen MR) is 124 cm³/mol. The van der Waals surface area contributed by atoms with Crippen LogP contribution in [-0.2, 0) is 19.6 Å². The first-order chi connectivity index (χ1) is 15.7. The summed E-state index contributed by atoms with van der Waals surface area (Å²) < 4.78 is 1.98. The Morgan fingerprint density at radius 1 is 1.00 bits per heavy atom. The Balaban J connectivity index is 1.23. The molecule has 164 valence electrons. The highest BCUT2D eigenvalue weighted by atomic mass is 16.3. The molecule has 2 fully saturated rings. The number of aryl methyl sites for hydroxylation is 2. The second-order valence-corrected chi connectivity index (χ2v) is 9.52. The van der Waals surface area contributed by atoms with Crippen LogP contribution >= 0.6 is 0 Å². The lowest BCUT2D eigenvalue weighted by Crippen LogP contribution is -2.29. The average Bonchev–Trinajstić information content (AvgIpc) is 3.20. The van der Waals surface area contributed by atoms with Gasteiger partial charge in [-0.3, -0.25) is 9.48 Å². The summed E-state index contributed by atoms with van der Waals surface area (Å²) in [6.45, 7) is 2.36. The van der Waals surface area contributed by atoms with Gasteiger partial charge < -0.3 is 10.0 Å². The Bertz CT molecular complexity index is 1160. The Labute approximate surface area is 188 Å². The Kier molecular flexibility index (Phi) is 4.87. The Hall–Kier alpha value is -2.92. The van der Waals surface area contributed by atoms with Crippen molar-refractivity contribution < 1.29 is 9.90 Å². The van der Waals surface area contributed by atoms with E-state index in [9.17, 15) is 9.90 Å². The molecule has 5 nitrogen and oxygen atoms in total. The van der Waals surface area contributed by atoms with Gasteiger partial charge >= 0.3 is 0 Å². The van der Waals surface area contributed by atoms with Gasteiger partial charge in [0.25, 0.3) is 5.91 Å². The lowest BCUT2D eigenvalue weighted by molar-refractivity contribution is 0.0784. The molecule has 3 heterocycles. The zero-order chi connectivity index (χ0) is 21.7. The van der Waals surface area contributed by atoms with Gasteiger partial charge in [0.05, 0.1) is 6.61 Å². The number of likely N-dealkylation sites (tertiary alicyclic amines) is 1. The van der Waals surface area contributed by atoms with Gasteiger partial charge in [-0.15, -0.1) is 0 Å². The van der Waals surface area contributed by atoms with Crippen LogP contribution in [0.4, 0.5) is 0 Å². The van der Waals surface area contributed by atoms with Crippen LogP contribution in [-0.4, -0.2) is 38.8 Å². The molecule has 1 amide bonds. The van der Waals surface area contributed by atoms with E-state index in [-0.39, 0.29) is 18.4 Å². The first-order valence-electron chi connectivity index (χ1n) is 11.9. The smallest absolute Gasteiger partial charge is 0.274 e. The largest absolute Gasteiger partial charge is 0.392 e. The summed E-state index contributed by atoms with van der Waals surface area (Å²) >= 11 is 0. The van der Waals surface area contributed by atoms with Crippen molar-refractivity contribution in [3.8, 4) is 11.1 Å². The first-order valence-corrected chi connectivity index (χ1v) is 11.9. The van der Waals surface area contributed by atoms with Crippen molar-refractivity contribution in [3.63, 3.8) is 0 Å². The molecule has 0 spiro atoms. The van der Waals surface area contributed by atoms with Crippen LogP contribution in [0.3, 0.4) is 0 Å². The summed E-state index contributed by atoms with van der Waals surface area (Å²) in [5, 5.41) is 14.7. The van der Waals surface area contributed by atoms with Crippen molar-refractivity contribution in [2.45, 2.75) is 57.1 Å². The van der Waals surface area contributed by atoms with Crippen LogP contribution in [0, 0.1) is 0 Å². The number of rotatable bonds is 5. The third-order valence-electron chi connectivity index (χ3n) is 7.40. The molecule has 1 N–H and O–H groups in total. The van der Waals surface area contributed by atoms with Crippen molar-refractivity contribution in [1.29, 1.82) is 0 Å². The van der Waals surface area contributed by atoms with Crippen molar-refractivity contribution in [2.24, 2.45) is 0 Å². The fourth-order valence-corrected chi connectivity index (χ4v) is 5.54. The van der Waals surface area contributed by atoms with Crippen molar-refractivity contribution in [3.05, 3.63) is 76.6 Å². The fourth-order valence-electron chi connectivity index (χ4n) is 5.54. The van der Waals surface area contributed by atoms with Crippen LogP contribution in [0.1, 0.15) is 70.4 Å². The summed E-state index contributed by atoms with van der Waals surface area (Å²) in [6, 6.07) is 17.1. The van der Waals surface area contributed by atoms with Crippen LogP contribution < -0.4 is 0 Å². The molecule has 6 rings (SSSR count). The van der Waals surface area contributed by atoms with Crippen LogP contribution in [0.2, 0.25) is 0 Å². The molecule has 1 unspecified atom stereocenters. The summed E-state index contributed by atoms with van der Waals surface area (Å²) in [6.07, 6.45) is 5.60. The maximum atomic E-state index is 13.0. The van der Waals surface area contributed by atoms with Gasteiger partial charge in [-0.1, -0.05) is 36.4 Å². The number of carbonyl (C=O) groups is 1. The second-order valence-electron chi connectivity index (χ2n) is 9.52. The highest BCUT2D eigenvalue weighted by molar-refractivity contribution is 5.92. The van der Waals surface area contributed by atoms with Crippen LogP contribution in [0.5, 0.6) is 0 Å². The van der Waals surface area contributed by atoms with E-state index in [1.54, 1.807) is 0 Å². The summed E-state index contributed by atoms with van der Waals surface area (Å²) in [5.74, 6) is 0.973. The van der Waals surface area contributed by atoms with Crippen LogP contribution in [0.25, 0.3) is 11.1 Å². The van der Waals surface area contributed by atoms with E-state index in [0.29, 0.717) is 18.2 Å². The molecule has 2 aromatic carbocycles. The minimum Gasteiger partial charge on any atom is -0.392 e. The zero-order valence-corrected chi connectivity index (χ0v) is 18.3. The molecule has 32 heavy (non-hydrogen) atoms. The Morgan fingerprint density at radius 3 is 2.69 bits per heavy atom. The topological polar surface area (TPSA) is 58.4 Å². The number of carbonyl (C=O) groups excluding carboxylic acids is 1. The average molecular weight is 428 g/mol. The fraction of sp³-hybridized carbons (Fsp3) is 0.407. The van der Waals surface area contributed by atoms with Gasteiger partial charge in [0.2, 0.25) is 0 Å². The molecule has 1 atom stereocenters. The second kappa shape index (κ2) is 7.89. The molecule has 0 bridgehead atoms. The zero-order valence-electron chi connectivity index (χ0n) is 18.3. The van der Waals surface area contributed by atoms with Gasteiger partial charge in [-0.05, 0) is 78.0 Å². The van der Waals surface area contributed by atoms with Crippen molar-refractivity contribution >= 4 is 5.91 Å². The highest BCUT2D eigenvalue weighted by Crippen LogP contribution is 2.44. The molecule has 1 aromatic heterocycles. The molecule has 0 radical (unpaired) electrons. The third-order valence-corrected chi connectivity index (χ3v) is 7.40.